The Hall–Kier alpha value is -2.58. The zero-order valence-corrected chi connectivity index (χ0v) is 14.0. The van der Waals surface area contributed by atoms with Crippen LogP contribution in [0.1, 0.15) is 51.2 Å². The summed E-state index contributed by atoms with van der Waals surface area (Å²) in [6.45, 7) is 7.42. The molecule has 0 aliphatic carbocycles. The van der Waals surface area contributed by atoms with Gasteiger partial charge in [0, 0.05) is 24.4 Å². The largest absolute Gasteiger partial charge is 0.351 e. The molecule has 2 aromatic heterocycles. The highest BCUT2D eigenvalue weighted by Crippen LogP contribution is 2.33. The molecule has 1 saturated heterocycles. The minimum atomic E-state index is -0.449. The third-order valence-corrected chi connectivity index (χ3v) is 4.13. The molecule has 0 spiro atoms. The zero-order valence-electron chi connectivity index (χ0n) is 14.0. The van der Waals surface area contributed by atoms with Crippen molar-refractivity contribution in [3.63, 3.8) is 0 Å². The minimum absolute atomic E-state index is 0.0660. The molecule has 0 amide bonds. The molecule has 0 radical (unpaired) electrons. The van der Waals surface area contributed by atoms with Crippen molar-refractivity contribution < 1.29 is 9.45 Å². The molecule has 1 aliphatic heterocycles. The zero-order chi connectivity index (χ0) is 17.3. The van der Waals surface area contributed by atoms with Crippen LogP contribution in [-0.4, -0.2) is 38.1 Å². The first-order chi connectivity index (χ1) is 11.4. The van der Waals surface area contributed by atoms with Crippen molar-refractivity contribution >= 4 is 11.5 Å². The molecule has 0 N–H and O–H groups in total. The normalized spacial score (nSPS) is 16.4. The fourth-order valence-corrected chi connectivity index (χ4v) is 2.73. The van der Waals surface area contributed by atoms with Gasteiger partial charge in [-0.3, -0.25) is 10.1 Å². The van der Waals surface area contributed by atoms with Gasteiger partial charge >= 0.3 is 5.69 Å². The number of nitro groups is 1. The molecule has 0 saturated carbocycles. The van der Waals surface area contributed by atoms with Crippen LogP contribution in [0.15, 0.2) is 17.0 Å². The van der Waals surface area contributed by atoms with Crippen molar-refractivity contribution in [2.24, 2.45) is 0 Å². The highest BCUT2D eigenvalue weighted by atomic mass is 16.6. The Morgan fingerprint density at radius 1 is 1.33 bits per heavy atom. The van der Waals surface area contributed by atoms with Gasteiger partial charge in [0.25, 0.3) is 0 Å². The van der Waals surface area contributed by atoms with Crippen LogP contribution in [0.5, 0.6) is 0 Å². The molecular weight excluding hydrogens is 312 g/mol. The molecule has 0 aromatic carbocycles. The van der Waals surface area contributed by atoms with Crippen LogP contribution >= 0.6 is 0 Å². The number of hydrogen-bond acceptors (Lipinski definition) is 8. The molecule has 1 aliphatic rings. The number of aromatic nitrogens is 4. The minimum Gasteiger partial charge on any atom is -0.351 e. The van der Waals surface area contributed by atoms with Crippen LogP contribution < -0.4 is 4.90 Å². The van der Waals surface area contributed by atoms with Crippen LogP contribution in [0.2, 0.25) is 0 Å². The topological polar surface area (TPSA) is 111 Å². The summed E-state index contributed by atoms with van der Waals surface area (Å²) in [5, 5.41) is 15.2. The lowest BCUT2D eigenvalue weighted by Gasteiger charge is -2.30. The van der Waals surface area contributed by atoms with Crippen molar-refractivity contribution in [2.75, 3.05) is 18.0 Å². The van der Waals surface area contributed by atoms with Gasteiger partial charge in [0.2, 0.25) is 11.7 Å². The summed E-state index contributed by atoms with van der Waals surface area (Å²) in [6.07, 6.45) is 4.14. The Morgan fingerprint density at radius 3 is 2.62 bits per heavy atom. The van der Waals surface area contributed by atoms with E-state index in [4.69, 9.17) is 4.52 Å². The van der Waals surface area contributed by atoms with Gasteiger partial charge in [0.1, 0.15) is 12.5 Å². The Balaban J connectivity index is 1.70. The predicted molar refractivity (Wildman–Crippen MR) is 85.9 cm³/mol. The predicted octanol–water partition coefficient (Wildman–Crippen LogP) is 2.45. The van der Waals surface area contributed by atoms with Gasteiger partial charge in [-0.05, 0) is 12.8 Å². The highest BCUT2D eigenvalue weighted by molar-refractivity contribution is 5.56. The maximum atomic E-state index is 11.1. The van der Waals surface area contributed by atoms with E-state index in [1.807, 2.05) is 25.7 Å². The summed E-state index contributed by atoms with van der Waals surface area (Å²) in [5.74, 6) is 1.89. The van der Waals surface area contributed by atoms with Crippen LogP contribution in [0.3, 0.4) is 0 Å². The van der Waals surface area contributed by atoms with Crippen LogP contribution in [0.4, 0.5) is 11.5 Å². The van der Waals surface area contributed by atoms with Crippen molar-refractivity contribution in [1.82, 2.24) is 20.1 Å². The summed E-state index contributed by atoms with van der Waals surface area (Å²) in [5.41, 5.74) is -0.215. The summed E-state index contributed by atoms with van der Waals surface area (Å²) >= 11 is 0. The Kier molecular flexibility index (Phi) is 4.16. The number of hydrogen-bond donors (Lipinski definition) is 0. The molecule has 1 fully saturated rings. The van der Waals surface area contributed by atoms with Crippen LogP contribution in [0, 0.1) is 10.1 Å². The molecular formula is C15H20N6O3. The lowest BCUT2D eigenvalue weighted by atomic mass is 9.95. The van der Waals surface area contributed by atoms with E-state index < -0.39 is 4.92 Å². The molecule has 3 rings (SSSR count). The van der Waals surface area contributed by atoms with E-state index in [0.29, 0.717) is 30.6 Å². The molecule has 3 heterocycles. The highest BCUT2D eigenvalue weighted by Gasteiger charge is 2.30. The van der Waals surface area contributed by atoms with Crippen LogP contribution in [0.25, 0.3) is 0 Å². The molecule has 0 unspecified atom stereocenters. The average molecular weight is 332 g/mol. The van der Waals surface area contributed by atoms with Crippen molar-refractivity contribution in [1.29, 1.82) is 0 Å². The average Bonchev–Trinajstić information content (AvgIpc) is 3.05. The maximum Gasteiger partial charge on any atom is 0.329 e. The number of piperidine rings is 1. The lowest BCUT2D eigenvalue weighted by molar-refractivity contribution is -0.384. The second kappa shape index (κ2) is 6.14. The summed E-state index contributed by atoms with van der Waals surface area (Å²) in [4.78, 5) is 24.9. The van der Waals surface area contributed by atoms with E-state index in [-0.39, 0.29) is 17.0 Å². The van der Waals surface area contributed by atoms with Gasteiger partial charge in [-0.25, -0.2) is 9.97 Å². The Labute approximate surface area is 139 Å². The third kappa shape index (κ3) is 3.19. The third-order valence-electron chi connectivity index (χ3n) is 4.13. The van der Waals surface area contributed by atoms with E-state index in [1.165, 1.54) is 12.5 Å². The Bertz CT molecular complexity index is 731. The first-order valence-electron chi connectivity index (χ1n) is 7.89. The standard InChI is InChI=1S/C15H20N6O3/c1-15(2,3)14-18-13(24-19-14)10-4-6-20(7-5-10)12-11(21(22)23)8-16-9-17-12/h8-10H,4-7H2,1-3H3. The lowest BCUT2D eigenvalue weighted by Crippen LogP contribution is -2.34. The van der Waals surface area contributed by atoms with E-state index >= 15 is 0 Å². The Morgan fingerprint density at radius 2 is 2.04 bits per heavy atom. The van der Waals surface area contributed by atoms with E-state index in [1.54, 1.807) is 0 Å². The van der Waals surface area contributed by atoms with E-state index in [2.05, 4.69) is 20.1 Å². The first kappa shape index (κ1) is 16.3. The molecule has 0 atom stereocenters. The summed E-state index contributed by atoms with van der Waals surface area (Å²) in [7, 11) is 0. The fraction of sp³-hybridized carbons (Fsp3) is 0.600. The number of anilines is 1. The van der Waals surface area contributed by atoms with Gasteiger partial charge < -0.3 is 9.42 Å². The molecule has 9 nitrogen and oxygen atoms in total. The molecule has 9 heteroatoms. The quantitative estimate of drug-likeness (QED) is 0.622. The van der Waals surface area contributed by atoms with Crippen LogP contribution in [-0.2, 0) is 5.41 Å². The molecule has 0 bridgehead atoms. The van der Waals surface area contributed by atoms with Gasteiger partial charge in [-0.15, -0.1) is 0 Å². The molecule has 24 heavy (non-hydrogen) atoms. The number of rotatable bonds is 3. The summed E-state index contributed by atoms with van der Waals surface area (Å²) < 4.78 is 5.42. The monoisotopic (exact) mass is 332 g/mol. The second-order valence-corrected chi connectivity index (χ2v) is 6.96. The fourth-order valence-electron chi connectivity index (χ4n) is 2.73. The van der Waals surface area contributed by atoms with Crippen molar-refractivity contribution in [2.45, 2.75) is 44.9 Å². The van der Waals surface area contributed by atoms with Gasteiger partial charge in [-0.2, -0.15) is 4.98 Å². The summed E-state index contributed by atoms with van der Waals surface area (Å²) in [6, 6.07) is 0. The SMILES string of the molecule is CC(C)(C)c1noc(C2CCN(c3ncncc3[N+](=O)[O-])CC2)n1. The van der Waals surface area contributed by atoms with Gasteiger partial charge in [0.15, 0.2) is 5.82 Å². The molecule has 2 aromatic rings. The second-order valence-electron chi connectivity index (χ2n) is 6.96. The number of nitrogens with zero attached hydrogens (tertiary/aromatic N) is 6. The molecule has 128 valence electrons. The van der Waals surface area contributed by atoms with Gasteiger partial charge in [0.05, 0.1) is 4.92 Å². The van der Waals surface area contributed by atoms with E-state index in [0.717, 1.165) is 12.8 Å². The smallest absolute Gasteiger partial charge is 0.329 e. The van der Waals surface area contributed by atoms with Gasteiger partial charge in [-0.1, -0.05) is 25.9 Å². The van der Waals surface area contributed by atoms with E-state index in [9.17, 15) is 10.1 Å². The van der Waals surface area contributed by atoms with Crippen molar-refractivity contribution in [3.05, 3.63) is 34.4 Å². The van der Waals surface area contributed by atoms with Crippen molar-refractivity contribution in [3.8, 4) is 0 Å². The maximum absolute atomic E-state index is 11.1. The first-order valence-corrected chi connectivity index (χ1v) is 7.89.